The van der Waals surface area contributed by atoms with E-state index in [0.717, 1.165) is 12.8 Å². The van der Waals surface area contributed by atoms with Gasteiger partial charge in [0.05, 0.1) is 4.90 Å². The number of allylic oxidation sites excluding steroid dienone is 1. The lowest BCUT2D eigenvalue weighted by Gasteiger charge is -2.38. The Kier molecular flexibility index (Phi) is 3.79. The summed E-state index contributed by atoms with van der Waals surface area (Å²) in [7, 11) is -3.45. The molecule has 1 fully saturated rings. The average molecular weight is 360 g/mol. The second kappa shape index (κ2) is 5.73. The van der Waals surface area contributed by atoms with E-state index in [1.54, 1.807) is 28.6 Å². The van der Waals surface area contributed by atoms with Gasteiger partial charge in [0, 0.05) is 23.5 Å². The van der Waals surface area contributed by atoms with Crippen LogP contribution in [0.25, 0.3) is 6.08 Å². The lowest BCUT2D eigenvalue weighted by molar-refractivity contribution is 0.274. The fourth-order valence-corrected chi connectivity index (χ4v) is 5.32. The first-order chi connectivity index (χ1) is 11.5. The van der Waals surface area contributed by atoms with Crippen LogP contribution in [0, 0.1) is 0 Å². The summed E-state index contributed by atoms with van der Waals surface area (Å²) in [6, 6.07) is 14.8. The number of benzene rings is 2. The Labute approximate surface area is 147 Å². The molecule has 2 aromatic rings. The Hall–Kier alpha value is -1.62. The third-order valence-corrected chi connectivity index (χ3v) is 7.31. The highest BCUT2D eigenvalue weighted by atomic mass is 35.5. The minimum Gasteiger partial charge on any atom is -0.207 e. The van der Waals surface area contributed by atoms with Crippen LogP contribution in [0.5, 0.6) is 0 Å². The van der Waals surface area contributed by atoms with Gasteiger partial charge in [0.25, 0.3) is 0 Å². The number of halogens is 1. The van der Waals surface area contributed by atoms with Crippen molar-refractivity contribution < 1.29 is 8.42 Å². The molecule has 0 radical (unpaired) electrons. The predicted molar refractivity (Wildman–Crippen MR) is 96.6 cm³/mol. The monoisotopic (exact) mass is 359 g/mol. The summed E-state index contributed by atoms with van der Waals surface area (Å²) in [6.45, 7) is 1.06. The Balaban J connectivity index is 1.57. The molecule has 2 aromatic carbocycles. The Morgan fingerprint density at radius 3 is 2.33 bits per heavy atom. The minimum absolute atomic E-state index is 0.0113. The van der Waals surface area contributed by atoms with Crippen molar-refractivity contribution in [3.63, 3.8) is 0 Å². The molecule has 0 atom stereocenters. The van der Waals surface area contributed by atoms with Gasteiger partial charge in [-0.05, 0) is 48.2 Å². The topological polar surface area (TPSA) is 37.4 Å². The smallest absolute Gasteiger partial charge is 0.207 e. The molecule has 124 valence electrons. The van der Waals surface area contributed by atoms with Gasteiger partial charge in [-0.15, -0.1) is 0 Å². The molecular weight excluding hydrogens is 342 g/mol. The predicted octanol–water partition coefficient (Wildman–Crippen LogP) is 4.09. The van der Waals surface area contributed by atoms with Crippen molar-refractivity contribution in [1.82, 2.24) is 4.31 Å². The van der Waals surface area contributed by atoms with Crippen LogP contribution in [-0.2, 0) is 15.4 Å². The fourth-order valence-electron chi connectivity index (χ4n) is 3.75. The van der Waals surface area contributed by atoms with E-state index in [-0.39, 0.29) is 5.41 Å². The van der Waals surface area contributed by atoms with Crippen LogP contribution in [0.15, 0.2) is 59.5 Å². The van der Waals surface area contributed by atoms with Gasteiger partial charge in [0.2, 0.25) is 10.0 Å². The summed E-state index contributed by atoms with van der Waals surface area (Å²) in [5.74, 6) is 0. The summed E-state index contributed by atoms with van der Waals surface area (Å²) >= 11 is 5.86. The van der Waals surface area contributed by atoms with Crippen LogP contribution in [-0.4, -0.2) is 25.8 Å². The van der Waals surface area contributed by atoms with E-state index in [0.29, 0.717) is 23.0 Å². The molecule has 1 spiro atoms. The van der Waals surface area contributed by atoms with Crippen LogP contribution in [0.2, 0.25) is 5.02 Å². The zero-order valence-corrected chi connectivity index (χ0v) is 14.7. The lowest BCUT2D eigenvalue weighted by atomic mass is 9.75. The molecular formula is C19H18ClNO2S. The quantitative estimate of drug-likeness (QED) is 0.809. The van der Waals surface area contributed by atoms with E-state index in [9.17, 15) is 8.42 Å². The van der Waals surface area contributed by atoms with Crippen LogP contribution in [0.3, 0.4) is 0 Å². The Morgan fingerprint density at radius 1 is 0.958 bits per heavy atom. The van der Waals surface area contributed by atoms with Crippen molar-refractivity contribution in [3.8, 4) is 0 Å². The number of nitrogens with zero attached hydrogens (tertiary/aromatic N) is 1. The molecule has 1 heterocycles. The largest absolute Gasteiger partial charge is 0.243 e. The first-order valence-corrected chi connectivity index (χ1v) is 9.88. The molecule has 5 heteroatoms. The third-order valence-electron chi connectivity index (χ3n) is 5.15. The van der Waals surface area contributed by atoms with Gasteiger partial charge in [0.1, 0.15) is 0 Å². The third kappa shape index (κ3) is 2.50. The number of piperidine rings is 1. The maximum Gasteiger partial charge on any atom is 0.243 e. The van der Waals surface area contributed by atoms with E-state index < -0.39 is 10.0 Å². The van der Waals surface area contributed by atoms with E-state index in [4.69, 9.17) is 11.6 Å². The molecule has 4 rings (SSSR count). The molecule has 0 unspecified atom stereocenters. The van der Waals surface area contributed by atoms with Crippen molar-refractivity contribution in [2.24, 2.45) is 0 Å². The minimum atomic E-state index is -3.45. The summed E-state index contributed by atoms with van der Waals surface area (Å²) in [5, 5.41) is 0.541. The highest BCUT2D eigenvalue weighted by molar-refractivity contribution is 7.89. The number of fused-ring (bicyclic) bond motifs is 2. The Bertz CT molecular complexity index is 895. The van der Waals surface area contributed by atoms with Gasteiger partial charge >= 0.3 is 0 Å². The Morgan fingerprint density at radius 2 is 1.62 bits per heavy atom. The van der Waals surface area contributed by atoms with Crippen LogP contribution >= 0.6 is 11.6 Å². The summed E-state index contributed by atoms with van der Waals surface area (Å²) < 4.78 is 27.2. The standard InChI is InChI=1S/C19H18ClNO2S/c20-16-5-7-17(8-6-16)24(22,23)21-13-11-19(12-14-21)10-9-15-3-1-2-4-18(15)19/h1-10H,11-14H2. The molecule has 0 saturated carbocycles. The SMILES string of the molecule is O=S(=O)(c1ccc(Cl)cc1)N1CCC2(C=Cc3ccccc32)CC1. The number of hydrogen-bond donors (Lipinski definition) is 0. The molecule has 2 aliphatic rings. The van der Waals surface area contributed by atoms with Gasteiger partial charge < -0.3 is 0 Å². The van der Waals surface area contributed by atoms with E-state index in [2.05, 4.69) is 30.4 Å². The number of sulfonamides is 1. The second-order valence-corrected chi connectivity index (χ2v) is 8.81. The highest BCUT2D eigenvalue weighted by Crippen LogP contribution is 2.44. The summed E-state index contributed by atoms with van der Waals surface area (Å²) in [6.07, 6.45) is 6.04. The van der Waals surface area contributed by atoms with Crippen molar-refractivity contribution in [3.05, 3.63) is 70.8 Å². The normalized spacial score (nSPS) is 19.5. The second-order valence-electron chi connectivity index (χ2n) is 6.43. The van der Waals surface area contributed by atoms with Crippen molar-refractivity contribution in [2.75, 3.05) is 13.1 Å². The molecule has 24 heavy (non-hydrogen) atoms. The fraction of sp³-hybridized carbons (Fsp3) is 0.263. The first-order valence-electron chi connectivity index (χ1n) is 8.06. The maximum atomic E-state index is 12.8. The molecule has 0 N–H and O–H groups in total. The van der Waals surface area contributed by atoms with Gasteiger partial charge in [0.15, 0.2) is 0 Å². The molecule has 1 aliphatic carbocycles. The zero-order chi connectivity index (χ0) is 16.8. The molecule has 0 amide bonds. The zero-order valence-electron chi connectivity index (χ0n) is 13.2. The van der Waals surface area contributed by atoms with Gasteiger partial charge in [-0.25, -0.2) is 8.42 Å². The molecule has 0 aromatic heterocycles. The van der Waals surface area contributed by atoms with Crippen molar-refractivity contribution in [2.45, 2.75) is 23.2 Å². The van der Waals surface area contributed by atoms with E-state index in [1.165, 1.54) is 11.1 Å². The average Bonchev–Trinajstić information content (AvgIpc) is 2.95. The molecule has 1 aliphatic heterocycles. The van der Waals surface area contributed by atoms with Crippen LogP contribution in [0.1, 0.15) is 24.0 Å². The summed E-state index contributed by atoms with van der Waals surface area (Å²) in [5.41, 5.74) is 2.57. The van der Waals surface area contributed by atoms with Crippen molar-refractivity contribution in [1.29, 1.82) is 0 Å². The van der Waals surface area contributed by atoms with Crippen LogP contribution in [0.4, 0.5) is 0 Å². The first kappa shape index (κ1) is 15.9. The van der Waals surface area contributed by atoms with Crippen molar-refractivity contribution >= 4 is 27.7 Å². The van der Waals surface area contributed by atoms with Crippen LogP contribution < -0.4 is 0 Å². The van der Waals surface area contributed by atoms with E-state index >= 15 is 0 Å². The summed E-state index contributed by atoms with van der Waals surface area (Å²) in [4.78, 5) is 0.310. The number of hydrogen-bond acceptors (Lipinski definition) is 2. The van der Waals surface area contributed by atoms with Gasteiger partial charge in [-0.1, -0.05) is 48.0 Å². The molecule has 1 saturated heterocycles. The highest BCUT2D eigenvalue weighted by Gasteiger charge is 2.40. The number of rotatable bonds is 2. The van der Waals surface area contributed by atoms with E-state index in [1.807, 2.05) is 6.07 Å². The maximum absolute atomic E-state index is 12.8. The molecule has 0 bridgehead atoms. The lowest BCUT2D eigenvalue weighted by Crippen LogP contribution is -2.43. The molecule has 3 nitrogen and oxygen atoms in total. The van der Waals surface area contributed by atoms with Gasteiger partial charge in [-0.3, -0.25) is 0 Å². The van der Waals surface area contributed by atoms with Gasteiger partial charge in [-0.2, -0.15) is 4.31 Å².